The smallest absolute Gasteiger partial charge is 0.347 e. The molecule has 0 bridgehead atoms. The summed E-state index contributed by atoms with van der Waals surface area (Å²) in [6.07, 6.45) is -0.710. The highest BCUT2D eigenvalue weighted by Crippen LogP contribution is 2.41. The lowest BCUT2D eigenvalue weighted by atomic mass is 9.98. The van der Waals surface area contributed by atoms with E-state index in [4.69, 9.17) is 36.4 Å². The van der Waals surface area contributed by atoms with Crippen molar-refractivity contribution in [2.24, 2.45) is 10.6 Å². The number of aromatic nitrogens is 1. The predicted molar refractivity (Wildman–Crippen MR) is 185 cm³/mol. The van der Waals surface area contributed by atoms with Crippen LogP contribution in [0.1, 0.15) is 43.7 Å². The standard InChI is InChI=1S/C33H34ClN5O9S2/c1-32(2,3)29(43)45-18-46-30(44)33(34)16-39-27(42)24(28(39)50-17-33)37-26(41)23(21-15-49-31(35)36-21)38-47-14-22(40)48-25(19-10-6-4-7-11-19)20-12-8-5-9-13-20/h4-13,15,24-25,28H,14,16-18H2,1-3H3,(H2,35,36)(H,37,41)/t24?,28-,33?/m1/s1. The molecule has 0 saturated carbocycles. The summed E-state index contributed by atoms with van der Waals surface area (Å²) in [7, 11) is 0. The number of ether oxygens (including phenoxy) is 3. The van der Waals surface area contributed by atoms with E-state index in [0.29, 0.717) is 0 Å². The zero-order chi connectivity index (χ0) is 36.1. The maximum Gasteiger partial charge on any atom is 0.347 e. The number of anilines is 1. The second kappa shape index (κ2) is 15.5. The molecule has 5 rings (SSSR count). The number of oxime groups is 1. The molecule has 3 N–H and O–H groups in total. The first-order valence-corrected chi connectivity index (χ1v) is 17.5. The molecule has 2 aromatic carbocycles. The fourth-order valence-electron chi connectivity index (χ4n) is 4.86. The molecule has 1 aromatic heterocycles. The summed E-state index contributed by atoms with van der Waals surface area (Å²) in [5, 5.41) is 7.60. The molecule has 0 radical (unpaired) electrons. The molecule has 2 aliphatic rings. The van der Waals surface area contributed by atoms with Gasteiger partial charge in [0.05, 0.1) is 12.0 Å². The number of nitrogen functional groups attached to an aromatic ring is 1. The van der Waals surface area contributed by atoms with Gasteiger partial charge in [0.15, 0.2) is 21.8 Å². The summed E-state index contributed by atoms with van der Waals surface area (Å²) < 4.78 is 15.8. The van der Waals surface area contributed by atoms with Crippen LogP contribution < -0.4 is 11.1 Å². The van der Waals surface area contributed by atoms with Crippen LogP contribution in [0.4, 0.5) is 5.13 Å². The van der Waals surface area contributed by atoms with Gasteiger partial charge in [-0.15, -0.1) is 34.7 Å². The maximum absolute atomic E-state index is 13.4. The van der Waals surface area contributed by atoms with Crippen LogP contribution in [0.2, 0.25) is 0 Å². The lowest BCUT2D eigenvalue weighted by molar-refractivity contribution is -0.175. The Morgan fingerprint density at radius 1 is 1.08 bits per heavy atom. The first-order chi connectivity index (χ1) is 23.8. The van der Waals surface area contributed by atoms with Crippen molar-refractivity contribution < 1.29 is 43.0 Å². The third-order valence-electron chi connectivity index (χ3n) is 7.46. The average molecular weight is 744 g/mol. The number of benzene rings is 2. The Hall–Kier alpha value is -4.67. The number of carbonyl (C=O) groups excluding carboxylic acids is 5. The number of halogens is 1. The van der Waals surface area contributed by atoms with Crippen molar-refractivity contribution in [1.82, 2.24) is 15.2 Å². The lowest BCUT2D eigenvalue weighted by Gasteiger charge is -2.52. The fourth-order valence-corrected chi connectivity index (χ4v) is 7.16. The van der Waals surface area contributed by atoms with Crippen LogP contribution in [0, 0.1) is 5.41 Å². The average Bonchev–Trinajstić information content (AvgIpc) is 3.53. The van der Waals surface area contributed by atoms with Gasteiger partial charge < -0.3 is 35.0 Å². The number of fused-ring (bicyclic) bond motifs is 1. The van der Waals surface area contributed by atoms with E-state index in [1.807, 2.05) is 60.7 Å². The Morgan fingerprint density at radius 2 is 1.72 bits per heavy atom. The molecule has 2 aliphatic heterocycles. The fraction of sp³-hybridized carbons (Fsp3) is 0.364. The number of carbonyl (C=O) groups is 5. The number of hydrogen-bond acceptors (Lipinski definition) is 14. The second-order valence-corrected chi connectivity index (χ2v) is 15.0. The number of nitrogens with two attached hydrogens (primary N) is 1. The van der Waals surface area contributed by atoms with Gasteiger partial charge in [-0.2, -0.15) is 0 Å². The van der Waals surface area contributed by atoms with Gasteiger partial charge in [-0.05, 0) is 31.9 Å². The molecule has 3 heterocycles. The van der Waals surface area contributed by atoms with E-state index >= 15 is 0 Å². The minimum atomic E-state index is -1.59. The number of nitrogens with one attached hydrogen (secondary N) is 1. The van der Waals surface area contributed by atoms with Gasteiger partial charge >= 0.3 is 17.9 Å². The number of alkyl halides is 1. The van der Waals surface area contributed by atoms with Gasteiger partial charge in [-0.1, -0.05) is 65.8 Å². The molecular weight excluding hydrogens is 710 g/mol. The molecule has 50 heavy (non-hydrogen) atoms. The topological polar surface area (TPSA) is 189 Å². The van der Waals surface area contributed by atoms with E-state index in [2.05, 4.69) is 15.5 Å². The quantitative estimate of drug-likeness (QED) is 0.0689. The highest BCUT2D eigenvalue weighted by molar-refractivity contribution is 8.00. The first-order valence-electron chi connectivity index (χ1n) is 15.2. The van der Waals surface area contributed by atoms with E-state index in [0.717, 1.165) is 22.5 Å². The molecule has 0 aliphatic carbocycles. The zero-order valence-corrected chi connectivity index (χ0v) is 29.6. The van der Waals surface area contributed by atoms with E-state index in [9.17, 15) is 24.0 Å². The number of hydrogen-bond donors (Lipinski definition) is 2. The molecule has 2 fully saturated rings. The van der Waals surface area contributed by atoms with Crippen molar-refractivity contribution in [2.45, 2.75) is 43.2 Å². The molecule has 2 unspecified atom stereocenters. The summed E-state index contributed by atoms with van der Waals surface area (Å²) in [4.78, 5) is 73.3. The number of esters is 3. The number of thiazole rings is 1. The van der Waals surface area contributed by atoms with Crippen LogP contribution >= 0.6 is 34.7 Å². The Balaban J connectivity index is 1.19. The second-order valence-electron chi connectivity index (χ2n) is 12.3. The summed E-state index contributed by atoms with van der Waals surface area (Å²) in [6.45, 7) is 3.52. The van der Waals surface area contributed by atoms with Crippen LogP contribution in [0.5, 0.6) is 0 Å². The number of thioether (sulfide) groups is 1. The highest BCUT2D eigenvalue weighted by atomic mass is 35.5. The Morgan fingerprint density at radius 3 is 2.30 bits per heavy atom. The molecule has 17 heteroatoms. The van der Waals surface area contributed by atoms with E-state index in [-0.39, 0.29) is 28.8 Å². The molecule has 2 amide bonds. The van der Waals surface area contributed by atoms with Crippen molar-refractivity contribution in [3.05, 3.63) is 82.9 Å². The summed E-state index contributed by atoms with van der Waals surface area (Å²) in [5.74, 6) is -3.42. The number of β-lactam (4-membered cyclic amide) rings is 1. The zero-order valence-electron chi connectivity index (χ0n) is 27.2. The van der Waals surface area contributed by atoms with Crippen molar-refractivity contribution in [3.63, 3.8) is 0 Å². The molecule has 3 atom stereocenters. The summed E-state index contributed by atoms with van der Waals surface area (Å²) in [5.41, 5.74) is 6.25. The first kappa shape index (κ1) is 36.6. The third kappa shape index (κ3) is 8.54. The van der Waals surface area contributed by atoms with E-state index < -0.39 is 70.9 Å². The molecule has 264 valence electrons. The molecule has 14 nitrogen and oxygen atoms in total. The molecule has 2 saturated heterocycles. The Kier molecular flexibility index (Phi) is 11.3. The lowest BCUT2D eigenvalue weighted by Crippen LogP contribution is -2.74. The van der Waals surface area contributed by atoms with Gasteiger partial charge in [0.1, 0.15) is 17.1 Å². The highest BCUT2D eigenvalue weighted by Gasteiger charge is 2.57. The van der Waals surface area contributed by atoms with Gasteiger partial charge in [0, 0.05) is 11.1 Å². The SMILES string of the molecule is CC(C)(C)C(=O)OCOC(=O)C1(Cl)CS[C@@H]2C(NC(=O)C(=NOCC(=O)OC(c3ccccc3)c3ccccc3)c3csc(N)n3)C(=O)N2C1. The van der Waals surface area contributed by atoms with Crippen LogP contribution in [-0.4, -0.2) is 87.3 Å². The van der Waals surface area contributed by atoms with E-state index in [1.54, 1.807) is 20.8 Å². The Labute approximate surface area is 300 Å². The van der Waals surface area contributed by atoms with Crippen LogP contribution in [0.25, 0.3) is 0 Å². The third-order valence-corrected chi connectivity index (χ3v) is 10.2. The number of rotatable bonds is 12. The van der Waals surface area contributed by atoms with Gasteiger partial charge in [-0.25, -0.2) is 14.6 Å². The Bertz CT molecular complexity index is 1730. The van der Waals surface area contributed by atoms with Gasteiger partial charge in [0.2, 0.25) is 19.3 Å². The van der Waals surface area contributed by atoms with Crippen LogP contribution in [0.15, 0.2) is 71.2 Å². The monoisotopic (exact) mass is 743 g/mol. The maximum atomic E-state index is 13.4. The molecule has 3 aromatic rings. The van der Waals surface area contributed by atoms with Crippen molar-refractivity contribution >= 4 is 75.3 Å². The molecular formula is C33H34ClN5O9S2. The number of nitrogens with zero attached hydrogens (tertiary/aromatic N) is 3. The number of amides is 2. The van der Waals surface area contributed by atoms with Gasteiger partial charge in [-0.3, -0.25) is 14.4 Å². The minimum absolute atomic E-state index is 0.0448. The van der Waals surface area contributed by atoms with Crippen molar-refractivity contribution in [1.29, 1.82) is 0 Å². The largest absolute Gasteiger partial charge is 0.450 e. The molecule has 0 spiro atoms. The van der Waals surface area contributed by atoms with Crippen molar-refractivity contribution in [3.8, 4) is 0 Å². The van der Waals surface area contributed by atoms with Crippen molar-refractivity contribution in [2.75, 3.05) is 31.4 Å². The minimum Gasteiger partial charge on any atom is -0.450 e. The normalized spacial score (nSPS) is 20.3. The summed E-state index contributed by atoms with van der Waals surface area (Å²) >= 11 is 8.77. The summed E-state index contributed by atoms with van der Waals surface area (Å²) in [6, 6.07) is 17.4. The van der Waals surface area contributed by atoms with Gasteiger partial charge in [0.25, 0.3) is 5.91 Å². The van der Waals surface area contributed by atoms with E-state index in [1.165, 1.54) is 22.0 Å². The van der Waals surface area contributed by atoms with Crippen LogP contribution in [0.3, 0.4) is 0 Å². The predicted octanol–water partition coefficient (Wildman–Crippen LogP) is 3.25. The van der Waals surface area contributed by atoms with Crippen LogP contribution in [-0.2, 0) is 43.0 Å².